The van der Waals surface area contributed by atoms with Crippen LogP contribution < -0.4 is 4.90 Å². The van der Waals surface area contributed by atoms with Crippen LogP contribution in [0.5, 0.6) is 0 Å². The van der Waals surface area contributed by atoms with Crippen molar-refractivity contribution in [2.45, 2.75) is 13.0 Å². The van der Waals surface area contributed by atoms with Crippen LogP contribution >= 0.6 is 0 Å². The molecular weight excluding hydrogens is 422 g/mol. The number of nitro benzene ring substituents is 1. The number of carbonyl (C=O) groups is 1. The van der Waals surface area contributed by atoms with Gasteiger partial charge in [-0.05, 0) is 30.2 Å². The van der Waals surface area contributed by atoms with Crippen LogP contribution in [0.4, 0.5) is 11.4 Å². The number of non-ortho nitro benzene ring substituents is 1. The number of benzene rings is 2. The molecule has 172 valence electrons. The number of nitriles is 1. The van der Waals surface area contributed by atoms with Gasteiger partial charge in [0.25, 0.3) is 11.6 Å². The number of anilines is 1. The number of hydrogen-bond acceptors (Lipinski definition) is 7. The van der Waals surface area contributed by atoms with Crippen molar-refractivity contribution >= 4 is 17.3 Å². The second-order valence-electron chi connectivity index (χ2n) is 8.29. The summed E-state index contributed by atoms with van der Waals surface area (Å²) < 4.78 is 5.42. The number of rotatable bonds is 5. The van der Waals surface area contributed by atoms with Gasteiger partial charge in [0.05, 0.1) is 41.0 Å². The number of hydrogen-bond donors (Lipinski definition) is 0. The van der Waals surface area contributed by atoms with Crippen LogP contribution in [0, 0.1) is 21.4 Å². The first-order valence-electron chi connectivity index (χ1n) is 11.2. The van der Waals surface area contributed by atoms with Crippen LogP contribution in [-0.2, 0) is 11.3 Å². The van der Waals surface area contributed by atoms with Gasteiger partial charge in [-0.25, -0.2) is 0 Å². The maximum atomic E-state index is 13.5. The van der Waals surface area contributed by atoms with Gasteiger partial charge in [-0.3, -0.25) is 19.8 Å². The van der Waals surface area contributed by atoms with Crippen LogP contribution in [-0.4, -0.2) is 73.1 Å². The minimum absolute atomic E-state index is 0.0763. The van der Waals surface area contributed by atoms with Crippen LogP contribution in [0.15, 0.2) is 42.5 Å². The van der Waals surface area contributed by atoms with Crippen molar-refractivity contribution < 1.29 is 14.5 Å². The molecule has 9 nitrogen and oxygen atoms in total. The molecule has 2 saturated heterocycles. The van der Waals surface area contributed by atoms with Crippen molar-refractivity contribution in [2.24, 2.45) is 0 Å². The lowest BCUT2D eigenvalue weighted by Crippen LogP contribution is -2.39. The topological polar surface area (TPSA) is 103 Å². The number of amides is 1. The van der Waals surface area contributed by atoms with E-state index in [1.54, 1.807) is 6.07 Å². The summed E-state index contributed by atoms with van der Waals surface area (Å²) in [5.74, 6) is -0.166. The van der Waals surface area contributed by atoms with Crippen molar-refractivity contribution in [1.82, 2.24) is 9.80 Å². The van der Waals surface area contributed by atoms with Crippen molar-refractivity contribution in [2.75, 3.05) is 57.4 Å². The van der Waals surface area contributed by atoms with E-state index in [0.717, 1.165) is 30.8 Å². The summed E-state index contributed by atoms with van der Waals surface area (Å²) in [4.78, 5) is 30.6. The zero-order chi connectivity index (χ0) is 23.2. The first-order chi connectivity index (χ1) is 16.0. The quantitative estimate of drug-likeness (QED) is 0.511. The Morgan fingerprint density at radius 3 is 2.48 bits per heavy atom. The van der Waals surface area contributed by atoms with E-state index in [-0.39, 0.29) is 11.6 Å². The zero-order valence-electron chi connectivity index (χ0n) is 18.5. The molecule has 0 aromatic heterocycles. The monoisotopic (exact) mass is 449 g/mol. The number of nitrogens with zero attached hydrogens (tertiary/aromatic N) is 5. The zero-order valence-corrected chi connectivity index (χ0v) is 18.5. The molecule has 0 atom stereocenters. The van der Waals surface area contributed by atoms with Crippen LogP contribution in [0.1, 0.15) is 27.9 Å². The molecule has 2 aliphatic heterocycles. The standard InChI is InChI=1S/C24H27N5O4/c25-17-19-2-4-20(5-3-19)18-26-8-1-9-28(11-10-26)24(30)22-16-21(29(31)32)6-7-23(22)27-12-14-33-15-13-27/h2-7,16H,1,8-15,18H2. The van der Waals surface area contributed by atoms with Crippen molar-refractivity contribution in [3.05, 3.63) is 69.3 Å². The molecule has 2 aromatic rings. The Kier molecular flexibility index (Phi) is 7.17. The van der Waals surface area contributed by atoms with Crippen LogP contribution in [0.25, 0.3) is 0 Å². The van der Waals surface area contributed by atoms with Crippen molar-refractivity contribution in [3.8, 4) is 6.07 Å². The summed E-state index contributed by atoms with van der Waals surface area (Å²) in [6.07, 6.45) is 0.823. The summed E-state index contributed by atoms with van der Waals surface area (Å²) in [6.45, 7) is 5.92. The van der Waals surface area contributed by atoms with Crippen molar-refractivity contribution in [1.29, 1.82) is 5.26 Å². The first-order valence-corrected chi connectivity index (χ1v) is 11.2. The third-order valence-corrected chi connectivity index (χ3v) is 6.14. The van der Waals surface area contributed by atoms with E-state index in [1.165, 1.54) is 12.1 Å². The summed E-state index contributed by atoms with van der Waals surface area (Å²) in [5.41, 5.74) is 2.80. The van der Waals surface area contributed by atoms with Gasteiger partial charge in [0.15, 0.2) is 0 Å². The molecule has 2 heterocycles. The molecule has 1 amide bonds. The molecule has 0 unspecified atom stereocenters. The largest absolute Gasteiger partial charge is 0.378 e. The highest BCUT2D eigenvalue weighted by Gasteiger charge is 2.27. The molecule has 9 heteroatoms. The Hall–Kier alpha value is -3.48. The fourth-order valence-corrected chi connectivity index (χ4v) is 4.33. The number of morpholine rings is 1. The SMILES string of the molecule is N#Cc1ccc(CN2CCCN(C(=O)c3cc([N+](=O)[O-])ccc3N3CCOCC3)CC2)cc1. The van der Waals surface area contributed by atoms with E-state index in [4.69, 9.17) is 10.00 Å². The van der Waals surface area contributed by atoms with Gasteiger partial charge < -0.3 is 14.5 Å². The second-order valence-corrected chi connectivity index (χ2v) is 8.29. The van der Waals surface area contributed by atoms with E-state index in [9.17, 15) is 14.9 Å². The molecule has 0 radical (unpaired) electrons. The van der Waals surface area contributed by atoms with E-state index in [2.05, 4.69) is 15.9 Å². The van der Waals surface area contributed by atoms with Gasteiger partial charge in [0, 0.05) is 57.9 Å². The minimum atomic E-state index is -0.457. The highest BCUT2D eigenvalue weighted by molar-refractivity contribution is 6.00. The Balaban J connectivity index is 1.48. The molecule has 2 aromatic carbocycles. The number of carbonyl (C=O) groups excluding carboxylic acids is 1. The van der Waals surface area contributed by atoms with Gasteiger partial charge in [-0.2, -0.15) is 5.26 Å². The van der Waals surface area contributed by atoms with Gasteiger partial charge in [-0.15, -0.1) is 0 Å². The molecule has 0 spiro atoms. The highest BCUT2D eigenvalue weighted by Crippen LogP contribution is 2.28. The molecule has 4 rings (SSSR count). The third kappa shape index (κ3) is 5.48. The second kappa shape index (κ2) is 10.4. The third-order valence-electron chi connectivity index (χ3n) is 6.14. The van der Waals surface area contributed by atoms with Crippen molar-refractivity contribution in [3.63, 3.8) is 0 Å². The maximum Gasteiger partial charge on any atom is 0.270 e. The molecule has 2 fully saturated rings. The highest BCUT2D eigenvalue weighted by atomic mass is 16.6. The predicted octanol–water partition coefficient (Wildman–Crippen LogP) is 2.65. The molecule has 0 saturated carbocycles. The Labute approximate surface area is 192 Å². The van der Waals surface area contributed by atoms with Crippen LogP contribution in [0.3, 0.4) is 0 Å². The number of ether oxygens (including phenoxy) is 1. The summed E-state index contributed by atoms with van der Waals surface area (Å²) in [7, 11) is 0. The molecule has 2 aliphatic rings. The molecule has 0 N–H and O–H groups in total. The average Bonchev–Trinajstić information content (AvgIpc) is 3.10. The Morgan fingerprint density at radius 2 is 1.79 bits per heavy atom. The molecule has 33 heavy (non-hydrogen) atoms. The van der Waals surface area contributed by atoms with E-state index in [0.29, 0.717) is 57.1 Å². The molecule has 0 aliphatic carbocycles. The van der Waals surface area contributed by atoms with E-state index >= 15 is 0 Å². The Bertz CT molecular complexity index is 1040. The fraction of sp³-hybridized carbons (Fsp3) is 0.417. The normalized spacial score (nSPS) is 17.3. The summed E-state index contributed by atoms with van der Waals surface area (Å²) in [6, 6.07) is 14.2. The van der Waals surface area contributed by atoms with Gasteiger partial charge in [-0.1, -0.05) is 12.1 Å². The lowest BCUT2D eigenvalue weighted by atomic mass is 10.1. The maximum absolute atomic E-state index is 13.5. The Morgan fingerprint density at radius 1 is 1.03 bits per heavy atom. The lowest BCUT2D eigenvalue weighted by molar-refractivity contribution is -0.384. The lowest BCUT2D eigenvalue weighted by Gasteiger charge is -2.31. The van der Waals surface area contributed by atoms with E-state index in [1.807, 2.05) is 29.2 Å². The molecule has 0 bridgehead atoms. The molecular formula is C24H27N5O4. The number of nitro groups is 1. The summed E-state index contributed by atoms with van der Waals surface area (Å²) >= 11 is 0. The minimum Gasteiger partial charge on any atom is -0.378 e. The predicted molar refractivity (Wildman–Crippen MR) is 123 cm³/mol. The first kappa shape index (κ1) is 22.7. The average molecular weight is 450 g/mol. The van der Waals surface area contributed by atoms with Crippen LogP contribution in [0.2, 0.25) is 0 Å². The summed E-state index contributed by atoms with van der Waals surface area (Å²) in [5, 5.41) is 20.3. The van der Waals surface area contributed by atoms with Gasteiger partial charge >= 0.3 is 0 Å². The van der Waals surface area contributed by atoms with Gasteiger partial charge in [0.1, 0.15) is 0 Å². The van der Waals surface area contributed by atoms with E-state index < -0.39 is 4.92 Å². The van der Waals surface area contributed by atoms with Gasteiger partial charge in [0.2, 0.25) is 0 Å². The smallest absolute Gasteiger partial charge is 0.270 e. The fourth-order valence-electron chi connectivity index (χ4n) is 4.33.